The Labute approximate surface area is 165 Å². The van der Waals surface area contributed by atoms with Gasteiger partial charge in [0.05, 0.1) is 0 Å². The Morgan fingerprint density at radius 2 is 1.04 bits per heavy atom. The lowest BCUT2D eigenvalue weighted by atomic mass is 10.1. The van der Waals surface area contributed by atoms with E-state index in [9.17, 15) is 19.2 Å². The van der Waals surface area contributed by atoms with E-state index in [0.717, 1.165) is 11.1 Å². The average Bonchev–Trinajstić information content (AvgIpc) is 2.66. The Morgan fingerprint density at radius 3 is 1.39 bits per heavy atom. The van der Waals surface area contributed by atoms with E-state index in [4.69, 9.17) is 0 Å². The number of carbonyl (C=O) groups is 4. The zero-order valence-electron chi connectivity index (χ0n) is 16.9. The minimum absolute atomic E-state index is 0.185. The van der Waals surface area contributed by atoms with Crippen LogP contribution in [0.1, 0.15) is 38.8 Å². The Morgan fingerprint density at radius 1 is 0.679 bits per heavy atom. The van der Waals surface area contributed by atoms with Gasteiger partial charge in [0.15, 0.2) is 0 Å². The standard InChI is InChI=1S/C20H30N4O4/c1-13(2)9-21-17(25)19(27)23-11-15-6-5-7-16(8-15)12-24-20(28)18(26)22-10-14(3)4/h5-8,13-14H,9-12H2,1-4H3,(H,21,25)(H,22,26)(H,23,27)(H,24,28). The number of hydrogen-bond donors (Lipinski definition) is 4. The first-order valence-corrected chi connectivity index (χ1v) is 9.39. The van der Waals surface area contributed by atoms with Crippen molar-refractivity contribution in [2.24, 2.45) is 11.8 Å². The SMILES string of the molecule is CC(C)CNC(=O)C(=O)NCc1cccc(CNC(=O)C(=O)NCC(C)C)c1. The summed E-state index contributed by atoms with van der Waals surface area (Å²) in [5, 5.41) is 10.2. The lowest BCUT2D eigenvalue weighted by Gasteiger charge is -2.10. The van der Waals surface area contributed by atoms with Crippen molar-refractivity contribution in [3.05, 3.63) is 35.4 Å². The van der Waals surface area contributed by atoms with E-state index >= 15 is 0 Å². The van der Waals surface area contributed by atoms with Gasteiger partial charge in [-0.05, 0) is 23.0 Å². The van der Waals surface area contributed by atoms with E-state index in [1.54, 1.807) is 24.3 Å². The summed E-state index contributed by atoms with van der Waals surface area (Å²) in [6.07, 6.45) is 0. The highest BCUT2D eigenvalue weighted by molar-refractivity contribution is 6.35. The smallest absolute Gasteiger partial charge is 0.309 e. The molecule has 28 heavy (non-hydrogen) atoms. The molecule has 154 valence electrons. The lowest BCUT2D eigenvalue weighted by Crippen LogP contribution is -2.41. The first kappa shape index (κ1) is 23.1. The molecule has 0 spiro atoms. The van der Waals surface area contributed by atoms with E-state index in [2.05, 4.69) is 21.3 Å². The van der Waals surface area contributed by atoms with Gasteiger partial charge < -0.3 is 21.3 Å². The van der Waals surface area contributed by atoms with E-state index in [-0.39, 0.29) is 24.9 Å². The van der Waals surface area contributed by atoms with Gasteiger partial charge in [-0.2, -0.15) is 0 Å². The summed E-state index contributed by atoms with van der Waals surface area (Å²) in [5.74, 6) is -2.19. The second-order valence-electron chi connectivity index (χ2n) is 7.39. The van der Waals surface area contributed by atoms with Gasteiger partial charge in [0, 0.05) is 26.2 Å². The van der Waals surface area contributed by atoms with Crippen LogP contribution in [-0.4, -0.2) is 36.7 Å². The van der Waals surface area contributed by atoms with Gasteiger partial charge in [-0.3, -0.25) is 19.2 Å². The summed E-state index contributed by atoms with van der Waals surface area (Å²) in [4.78, 5) is 46.9. The zero-order chi connectivity index (χ0) is 21.1. The van der Waals surface area contributed by atoms with Crippen LogP contribution < -0.4 is 21.3 Å². The van der Waals surface area contributed by atoms with Crippen molar-refractivity contribution < 1.29 is 19.2 Å². The molecule has 0 fully saturated rings. The van der Waals surface area contributed by atoms with Crippen molar-refractivity contribution in [3.63, 3.8) is 0 Å². The van der Waals surface area contributed by atoms with E-state index < -0.39 is 23.6 Å². The molecular formula is C20H30N4O4. The predicted octanol–water partition coefficient (Wildman–Crippen LogP) is 0.463. The number of hydrogen-bond acceptors (Lipinski definition) is 4. The molecule has 4 N–H and O–H groups in total. The van der Waals surface area contributed by atoms with Crippen LogP contribution in [0.5, 0.6) is 0 Å². The first-order chi connectivity index (χ1) is 13.2. The van der Waals surface area contributed by atoms with E-state index in [1.807, 2.05) is 27.7 Å². The summed E-state index contributed by atoms with van der Waals surface area (Å²) >= 11 is 0. The molecule has 0 aliphatic rings. The van der Waals surface area contributed by atoms with Crippen molar-refractivity contribution in [1.82, 2.24) is 21.3 Å². The van der Waals surface area contributed by atoms with Crippen LogP contribution in [0, 0.1) is 11.8 Å². The minimum Gasteiger partial charge on any atom is -0.348 e. The Kier molecular flexibility index (Phi) is 9.70. The third-order valence-corrected chi connectivity index (χ3v) is 3.65. The van der Waals surface area contributed by atoms with Crippen molar-refractivity contribution in [2.45, 2.75) is 40.8 Å². The predicted molar refractivity (Wildman–Crippen MR) is 106 cm³/mol. The molecule has 1 aromatic rings. The number of nitrogens with one attached hydrogen (secondary N) is 4. The largest absolute Gasteiger partial charge is 0.348 e. The van der Waals surface area contributed by atoms with Gasteiger partial charge in [-0.25, -0.2) is 0 Å². The normalized spacial score (nSPS) is 10.5. The first-order valence-electron chi connectivity index (χ1n) is 9.39. The molecule has 0 atom stereocenters. The van der Waals surface area contributed by atoms with Gasteiger partial charge in [-0.15, -0.1) is 0 Å². The molecule has 0 heterocycles. The zero-order valence-corrected chi connectivity index (χ0v) is 16.9. The second kappa shape index (κ2) is 11.7. The highest BCUT2D eigenvalue weighted by Crippen LogP contribution is 2.05. The van der Waals surface area contributed by atoms with Gasteiger partial charge in [-0.1, -0.05) is 52.0 Å². The van der Waals surface area contributed by atoms with E-state index in [1.165, 1.54) is 0 Å². The molecular weight excluding hydrogens is 360 g/mol. The fourth-order valence-corrected chi connectivity index (χ4v) is 2.13. The molecule has 8 heteroatoms. The molecule has 0 radical (unpaired) electrons. The highest BCUT2D eigenvalue weighted by Gasteiger charge is 2.14. The third kappa shape index (κ3) is 9.16. The maximum absolute atomic E-state index is 11.8. The maximum atomic E-state index is 11.8. The topological polar surface area (TPSA) is 116 Å². The van der Waals surface area contributed by atoms with Gasteiger partial charge in [0.2, 0.25) is 0 Å². The molecule has 1 aromatic carbocycles. The summed E-state index contributed by atoms with van der Waals surface area (Å²) in [6.45, 7) is 9.01. The van der Waals surface area contributed by atoms with Crippen molar-refractivity contribution in [3.8, 4) is 0 Å². The number of carbonyl (C=O) groups excluding carboxylic acids is 4. The molecule has 4 amide bonds. The molecule has 0 aliphatic heterocycles. The maximum Gasteiger partial charge on any atom is 0.309 e. The fraction of sp³-hybridized carbons (Fsp3) is 0.500. The fourth-order valence-electron chi connectivity index (χ4n) is 2.13. The summed E-state index contributed by atoms with van der Waals surface area (Å²) < 4.78 is 0. The highest BCUT2D eigenvalue weighted by atomic mass is 16.2. The number of benzene rings is 1. The van der Waals surface area contributed by atoms with Gasteiger partial charge in [0.25, 0.3) is 0 Å². The van der Waals surface area contributed by atoms with Crippen LogP contribution in [0.2, 0.25) is 0 Å². The lowest BCUT2D eigenvalue weighted by molar-refractivity contribution is -0.139. The van der Waals surface area contributed by atoms with Crippen LogP contribution in [-0.2, 0) is 32.3 Å². The Bertz CT molecular complexity index is 646. The summed E-state index contributed by atoms with van der Waals surface area (Å²) in [5.41, 5.74) is 1.56. The number of amides is 4. The van der Waals surface area contributed by atoms with Crippen molar-refractivity contribution in [1.29, 1.82) is 0 Å². The average molecular weight is 390 g/mol. The Hall–Kier alpha value is -2.90. The number of rotatable bonds is 8. The summed E-state index contributed by atoms with van der Waals surface area (Å²) in [6, 6.07) is 7.17. The van der Waals surface area contributed by atoms with Crippen LogP contribution in [0.3, 0.4) is 0 Å². The van der Waals surface area contributed by atoms with Gasteiger partial charge >= 0.3 is 23.6 Å². The molecule has 0 bridgehead atoms. The van der Waals surface area contributed by atoms with Gasteiger partial charge in [0.1, 0.15) is 0 Å². The molecule has 0 aliphatic carbocycles. The molecule has 0 unspecified atom stereocenters. The monoisotopic (exact) mass is 390 g/mol. The molecule has 0 aromatic heterocycles. The molecule has 0 saturated carbocycles. The van der Waals surface area contributed by atoms with Crippen molar-refractivity contribution in [2.75, 3.05) is 13.1 Å². The quantitative estimate of drug-likeness (QED) is 0.483. The van der Waals surface area contributed by atoms with Crippen molar-refractivity contribution >= 4 is 23.6 Å². The summed E-state index contributed by atoms with van der Waals surface area (Å²) in [7, 11) is 0. The second-order valence-corrected chi connectivity index (χ2v) is 7.39. The molecule has 0 saturated heterocycles. The van der Waals surface area contributed by atoms with Crippen LogP contribution in [0.4, 0.5) is 0 Å². The minimum atomic E-state index is -0.693. The molecule has 1 rings (SSSR count). The van der Waals surface area contributed by atoms with Crippen LogP contribution >= 0.6 is 0 Å². The third-order valence-electron chi connectivity index (χ3n) is 3.65. The van der Waals surface area contributed by atoms with Crippen LogP contribution in [0.25, 0.3) is 0 Å². The Balaban J connectivity index is 2.47. The molecule has 8 nitrogen and oxygen atoms in total. The van der Waals surface area contributed by atoms with E-state index in [0.29, 0.717) is 13.1 Å². The van der Waals surface area contributed by atoms with Crippen LogP contribution in [0.15, 0.2) is 24.3 Å².